The largest absolute Gasteiger partial charge is 0.355 e. The van der Waals surface area contributed by atoms with E-state index in [1.54, 1.807) is 0 Å². The summed E-state index contributed by atoms with van der Waals surface area (Å²) in [6.45, 7) is 0.750. The highest BCUT2D eigenvalue weighted by atomic mass is 79.9. The molecule has 4 heteroatoms. The molecule has 0 saturated heterocycles. The minimum Gasteiger partial charge on any atom is -0.355 e. The minimum absolute atomic E-state index is 0.115. The Hall–Kier alpha value is -0.870. The van der Waals surface area contributed by atoms with Gasteiger partial charge < -0.3 is 11.1 Å². The molecular weight excluding hydrogens is 328 g/mol. The number of carbonyl (C=O) groups is 1. The average Bonchev–Trinajstić information content (AvgIpc) is 3.26. The normalized spacial score (nSPS) is 27.1. The third-order valence-corrected chi connectivity index (χ3v) is 5.68. The number of amides is 1. The van der Waals surface area contributed by atoms with E-state index in [1.165, 1.54) is 5.56 Å². The molecule has 21 heavy (non-hydrogen) atoms. The van der Waals surface area contributed by atoms with Crippen molar-refractivity contribution in [2.45, 2.75) is 50.0 Å². The molecule has 1 amide bonds. The van der Waals surface area contributed by atoms with Gasteiger partial charge in [0.15, 0.2) is 0 Å². The number of hydrogen-bond donors (Lipinski definition) is 2. The van der Waals surface area contributed by atoms with Crippen LogP contribution in [0, 0.1) is 5.92 Å². The second-order valence-corrected chi connectivity index (χ2v) is 7.46. The number of nitrogens with two attached hydrogens (primary N) is 1. The van der Waals surface area contributed by atoms with E-state index in [1.807, 2.05) is 6.07 Å². The zero-order chi connectivity index (χ0) is 14.9. The zero-order valence-electron chi connectivity index (χ0n) is 12.3. The highest BCUT2D eigenvalue weighted by molar-refractivity contribution is 9.10. The summed E-state index contributed by atoms with van der Waals surface area (Å²) < 4.78 is 1.15. The average molecular weight is 351 g/mol. The standard InChI is InChI=1S/C17H23BrN2O/c18-15-7-2-1-6-14(15)17(8-9-17)11-20-16(21)12-4-3-5-13(19)10-12/h1-2,6-7,12-13H,3-5,8-11,19H2,(H,20,21). The summed E-state index contributed by atoms with van der Waals surface area (Å²) in [7, 11) is 0. The Morgan fingerprint density at radius 2 is 2.10 bits per heavy atom. The smallest absolute Gasteiger partial charge is 0.223 e. The number of halogens is 1. The van der Waals surface area contributed by atoms with Crippen LogP contribution in [0.4, 0.5) is 0 Å². The summed E-state index contributed by atoms with van der Waals surface area (Å²) in [5, 5.41) is 3.19. The summed E-state index contributed by atoms with van der Waals surface area (Å²) in [6.07, 6.45) is 6.27. The molecule has 3 nitrogen and oxygen atoms in total. The Labute approximate surface area is 134 Å². The van der Waals surface area contributed by atoms with Gasteiger partial charge in [-0.25, -0.2) is 0 Å². The van der Waals surface area contributed by atoms with Crippen LogP contribution in [0.15, 0.2) is 28.7 Å². The van der Waals surface area contributed by atoms with Crippen molar-refractivity contribution in [3.8, 4) is 0 Å². The van der Waals surface area contributed by atoms with Crippen LogP contribution in [0.1, 0.15) is 44.1 Å². The van der Waals surface area contributed by atoms with Gasteiger partial charge in [-0.1, -0.05) is 40.5 Å². The van der Waals surface area contributed by atoms with Gasteiger partial charge in [-0.15, -0.1) is 0 Å². The van der Waals surface area contributed by atoms with Gasteiger partial charge in [0.1, 0.15) is 0 Å². The third-order valence-electron chi connectivity index (χ3n) is 4.99. The Kier molecular flexibility index (Phi) is 4.36. The van der Waals surface area contributed by atoms with Gasteiger partial charge in [0.25, 0.3) is 0 Å². The Bertz CT molecular complexity index is 527. The van der Waals surface area contributed by atoms with Crippen LogP contribution in [0.3, 0.4) is 0 Å². The fourth-order valence-electron chi connectivity index (χ4n) is 3.45. The molecule has 1 aromatic rings. The molecule has 2 aliphatic rings. The molecule has 0 heterocycles. The monoisotopic (exact) mass is 350 g/mol. The third kappa shape index (κ3) is 3.32. The summed E-state index contributed by atoms with van der Waals surface area (Å²) >= 11 is 3.63. The predicted molar refractivity (Wildman–Crippen MR) is 88.0 cm³/mol. The maximum atomic E-state index is 12.4. The summed E-state index contributed by atoms with van der Waals surface area (Å²) in [6, 6.07) is 8.55. The fourth-order valence-corrected chi connectivity index (χ4v) is 4.16. The first-order valence-corrected chi connectivity index (χ1v) is 8.68. The van der Waals surface area contributed by atoms with Crippen LogP contribution in [0.5, 0.6) is 0 Å². The maximum Gasteiger partial charge on any atom is 0.223 e. The predicted octanol–water partition coefficient (Wildman–Crippen LogP) is 3.11. The van der Waals surface area contributed by atoms with Gasteiger partial charge in [0, 0.05) is 28.4 Å². The molecule has 2 atom stereocenters. The molecule has 0 radical (unpaired) electrons. The van der Waals surface area contributed by atoms with Gasteiger partial charge in [0.05, 0.1) is 0 Å². The molecule has 3 rings (SSSR count). The molecule has 0 aliphatic heterocycles. The zero-order valence-corrected chi connectivity index (χ0v) is 13.9. The highest BCUT2D eigenvalue weighted by Crippen LogP contribution is 2.50. The summed E-state index contributed by atoms with van der Waals surface area (Å²) in [5.74, 6) is 0.312. The second kappa shape index (κ2) is 6.09. The van der Waals surface area contributed by atoms with E-state index in [0.29, 0.717) is 0 Å². The molecular formula is C17H23BrN2O. The lowest BCUT2D eigenvalue weighted by atomic mass is 9.85. The highest BCUT2D eigenvalue weighted by Gasteiger charge is 2.45. The Balaban J connectivity index is 1.60. The topological polar surface area (TPSA) is 55.1 Å². The van der Waals surface area contributed by atoms with Gasteiger partial charge in [0.2, 0.25) is 5.91 Å². The molecule has 2 saturated carbocycles. The van der Waals surface area contributed by atoms with Crippen molar-refractivity contribution in [3.63, 3.8) is 0 Å². The van der Waals surface area contributed by atoms with E-state index >= 15 is 0 Å². The van der Waals surface area contributed by atoms with E-state index in [0.717, 1.165) is 49.5 Å². The molecule has 2 aliphatic carbocycles. The van der Waals surface area contributed by atoms with Gasteiger partial charge in [-0.3, -0.25) is 4.79 Å². The molecule has 2 fully saturated rings. The van der Waals surface area contributed by atoms with Crippen LogP contribution >= 0.6 is 15.9 Å². The lowest BCUT2D eigenvalue weighted by Gasteiger charge is -2.27. The summed E-state index contributed by atoms with van der Waals surface area (Å²) in [5.41, 5.74) is 7.45. The minimum atomic E-state index is 0.115. The summed E-state index contributed by atoms with van der Waals surface area (Å²) in [4.78, 5) is 12.4. The maximum absolute atomic E-state index is 12.4. The van der Waals surface area contributed by atoms with Crippen LogP contribution in [0.25, 0.3) is 0 Å². The molecule has 2 unspecified atom stereocenters. The second-order valence-electron chi connectivity index (χ2n) is 6.60. The quantitative estimate of drug-likeness (QED) is 0.876. The first-order chi connectivity index (χ1) is 10.1. The lowest BCUT2D eigenvalue weighted by molar-refractivity contribution is -0.126. The van der Waals surface area contributed by atoms with Gasteiger partial charge in [-0.05, 0) is 43.7 Å². The van der Waals surface area contributed by atoms with Crippen molar-refractivity contribution in [2.24, 2.45) is 11.7 Å². The molecule has 3 N–H and O–H groups in total. The number of rotatable bonds is 4. The SMILES string of the molecule is NC1CCCC(C(=O)NCC2(c3ccccc3Br)CC2)C1. The van der Waals surface area contributed by atoms with Crippen LogP contribution in [0.2, 0.25) is 0 Å². The van der Waals surface area contributed by atoms with Crippen molar-refractivity contribution in [2.75, 3.05) is 6.54 Å². The van der Waals surface area contributed by atoms with Crippen molar-refractivity contribution < 1.29 is 4.79 Å². The number of benzene rings is 1. The van der Waals surface area contributed by atoms with Crippen molar-refractivity contribution in [3.05, 3.63) is 34.3 Å². The molecule has 0 aromatic heterocycles. The number of carbonyl (C=O) groups excluding carboxylic acids is 1. The van der Waals surface area contributed by atoms with Gasteiger partial charge >= 0.3 is 0 Å². The van der Waals surface area contributed by atoms with E-state index in [4.69, 9.17) is 5.73 Å². The molecule has 114 valence electrons. The van der Waals surface area contributed by atoms with E-state index < -0.39 is 0 Å². The Morgan fingerprint density at radius 1 is 1.33 bits per heavy atom. The fraction of sp³-hybridized carbons (Fsp3) is 0.588. The van der Waals surface area contributed by atoms with E-state index in [2.05, 4.69) is 39.4 Å². The van der Waals surface area contributed by atoms with Crippen LogP contribution in [-0.2, 0) is 10.2 Å². The van der Waals surface area contributed by atoms with Crippen LogP contribution < -0.4 is 11.1 Å². The Morgan fingerprint density at radius 3 is 2.76 bits per heavy atom. The molecule has 1 aromatic carbocycles. The molecule has 0 spiro atoms. The van der Waals surface area contributed by atoms with Crippen molar-refractivity contribution >= 4 is 21.8 Å². The molecule has 0 bridgehead atoms. The van der Waals surface area contributed by atoms with Gasteiger partial charge in [-0.2, -0.15) is 0 Å². The number of nitrogens with one attached hydrogen (secondary N) is 1. The van der Waals surface area contributed by atoms with Crippen molar-refractivity contribution in [1.82, 2.24) is 5.32 Å². The van der Waals surface area contributed by atoms with Crippen LogP contribution in [-0.4, -0.2) is 18.5 Å². The van der Waals surface area contributed by atoms with E-state index in [-0.39, 0.29) is 23.3 Å². The first kappa shape index (κ1) is 15.0. The van der Waals surface area contributed by atoms with Crippen molar-refractivity contribution in [1.29, 1.82) is 0 Å². The first-order valence-electron chi connectivity index (χ1n) is 7.89. The van der Waals surface area contributed by atoms with E-state index in [9.17, 15) is 4.79 Å². The number of hydrogen-bond acceptors (Lipinski definition) is 2. The lowest BCUT2D eigenvalue weighted by Crippen LogP contribution is -2.40.